The summed E-state index contributed by atoms with van der Waals surface area (Å²) in [4.78, 5) is 4.55. The SMILES string of the molecule is Fc1cc2nc(Cc3ccc(-c4nn[nH]n4)cc3F)n(-c3ccc(Cl)cc3OCC3CCCCO3)c2cc1F. The number of nitrogens with zero attached hydrogens (tertiary/aromatic N) is 5. The lowest BCUT2D eigenvalue weighted by atomic mass is 10.1. The van der Waals surface area contributed by atoms with Gasteiger partial charge in [0.25, 0.3) is 0 Å². The molecule has 0 bridgehead atoms. The average Bonchev–Trinajstić information content (AvgIpc) is 3.58. The fourth-order valence-electron chi connectivity index (χ4n) is 4.70. The maximum atomic E-state index is 15.2. The number of aromatic amines is 1. The number of H-pyrrole nitrogens is 1. The zero-order valence-corrected chi connectivity index (χ0v) is 21.3. The maximum absolute atomic E-state index is 15.2. The largest absolute Gasteiger partial charge is 0.489 e. The Morgan fingerprint density at radius 3 is 2.67 bits per heavy atom. The van der Waals surface area contributed by atoms with E-state index in [1.807, 2.05) is 0 Å². The van der Waals surface area contributed by atoms with Crippen molar-refractivity contribution in [2.24, 2.45) is 0 Å². The average molecular weight is 555 g/mol. The number of benzene rings is 3. The molecule has 1 unspecified atom stereocenters. The van der Waals surface area contributed by atoms with Crippen molar-refractivity contribution >= 4 is 22.6 Å². The van der Waals surface area contributed by atoms with Gasteiger partial charge >= 0.3 is 0 Å². The highest BCUT2D eigenvalue weighted by atomic mass is 35.5. The Hall–Kier alpha value is -3.96. The normalized spacial score (nSPS) is 15.6. The zero-order valence-electron chi connectivity index (χ0n) is 20.5. The van der Waals surface area contributed by atoms with E-state index in [1.54, 1.807) is 34.9 Å². The second-order valence-electron chi connectivity index (χ2n) is 9.25. The molecule has 2 aromatic heterocycles. The minimum Gasteiger partial charge on any atom is -0.489 e. The summed E-state index contributed by atoms with van der Waals surface area (Å²) >= 11 is 6.30. The van der Waals surface area contributed by atoms with Crippen LogP contribution in [0.15, 0.2) is 48.5 Å². The Kier molecular flexibility index (Phi) is 6.92. The van der Waals surface area contributed by atoms with Crippen LogP contribution in [0.4, 0.5) is 13.2 Å². The number of ether oxygens (including phenoxy) is 2. The maximum Gasteiger partial charge on any atom is 0.204 e. The van der Waals surface area contributed by atoms with Crippen LogP contribution in [0, 0.1) is 17.5 Å². The fourth-order valence-corrected chi connectivity index (χ4v) is 4.87. The minimum absolute atomic E-state index is 0.0179. The first-order valence-electron chi connectivity index (χ1n) is 12.4. The number of fused-ring (bicyclic) bond motifs is 1. The van der Waals surface area contributed by atoms with E-state index < -0.39 is 17.5 Å². The summed E-state index contributed by atoms with van der Waals surface area (Å²) in [6.45, 7) is 0.971. The Morgan fingerprint density at radius 1 is 1.03 bits per heavy atom. The van der Waals surface area contributed by atoms with Gasteiger partial charge in [-0.1, -0.05) is 23.7 Å². The molecular formula is C27H22ClF3N6O2. The molecule has 12 heteroatoms. The van der Waals surface area contributed by atoms with Gasteiger partial charge in [0.15, 0.2) is 11.6 Å². The summed E-state index contributed by atoms with van der Waals surface area (Å²) in [6.07, 6.45) is 2.89. The summed E-state index contributed by atoms with van der Waals surface area (Å²) in [5.41, 5.74) is 1.77. The zero-order chi connectivity index (χ0) is 26.9. The van der Waals surface area contributed by atoms with Gasteiger partial charge in [0.05, 0.1) is 22.8 Å². The fraction of sp³-hybridized carbons (Fsp3) is 0.259. The van der Waals surface area contributed by atoms with Gasteiger partial charge in [0.1, 0.15) is 24.0 Å². The first-order chi connectivity index (χ1) is 19.0. The number of rotatable bonds is 7. The molecule has 8 nitrogen and oxygen atoms in total. The summed E-state index contributed by atoms with van der Waals surface area (Å²) in [5.74, 6) is -1.56. The Bertz CT molecular complexity index is 1640. The highest BCUT2D eigenvalue weighted by molar-refractivity contribution is 6.30. The molecule has 1 saturated heterocycles. The van der Waals surface area contributed by atoms with Crippen LogP contribution in [0.25, 0.3) is 28.1 Å². The summed E-state index contributed by atoms with van der Waals surface area (Å²) in [7, 11) is 0. The predicted octanol–water partition coefficient (Wildman–Crippen LogP) is 5.82. The number of imidazole rings is 1. The third-order valence-corrected chi connectivity index (χ3v) is 6.87. The second kappa shape index (κ2) is 10.7. The van der Waals surface area contributed by atoms with Crippen LogP contribution >= 0.6 is 11.6 Å². The summed E-state index contributed by atoms with van der Waals surface area (Å²) in [5, 5.41) is 14.0. The summed E-state index contributed by atoms with van der Waals surface area (Å²) in [6, 6.07) is 11.7. The number of tetrazole rings is 1. The molecule has 1 aliphatic rings. The third-order valence-electron chi connectivity index (χ3n) is 6.63. The van der Waals surface area contributed by atoms with Crippen molar-refractivity contribution in [3.05, 3.63) is 82.4 Å². The van der Waals surface area contributed by atoms with Crippen LogP contribution in [0.2, 0.25) is 5.02 Å². The van der Waals surface area contributed by atoms with Crippen LogP contribution in [-0.2, 0) is 11.2 Å². The smallest absolute Gasteiger partial charge is 0.204 e. The van der Waals surface area contributed by atoms with Gasteiger partial charge < -0.3 is 9.47 Å². The van der Waals surface area contributed by atoms with E-state index >= 15 is 4.39 Å². The van der Waals surface area contributed by atoms with Crippen molar-refractivity contribution < 1.29 is 22.6 Å². The van der Waals surface area contributed by atoms with E-state index in [2.05, 4.69) is 25.6 Å². The first kappa shape index (κ1) is 25.3. The van der Waals surface area contributed by atoms with Gasteiger partial charge in [-0.15, -0.1) is 10.2 Å². The van der Waals surface area contributed by atoms with Gasteiger partial charge in [-0.25, -0.2) is 18.2 Å². The lowest BCUT2D eigenvalue weighted by Crippen LogP contribution is -2.26. The Morgan fingerprint density at radius 2 is 1.90 bits per heavy atom. The third kappa shape index (κ3) is 5.19. The van der Waals surface area contributed by atoms with E-state index in [1.165, 1.54) is 6.07 Å². The Labute approximate surface area is 225 Å². The van der Waals surface area contributed by atoms with E-state index in [-0.39, 0.29) is 23.9 Å². The lowest BCUT2D eigenvalue weighted by molar-refractivity contribution is -0.0110. The van der Waals surface area contributed by atoms with Crippen molar-refractivity contribution in [1.82, 2.24) is 30.2 Å². The van der Waals surface area contributed by atoms with Crippen LogP contribution in [-0.4, -0.2) is 49.5 Å². The highest BCUT2D eigenvalue weighted by Crippen LogP contribution is 2.33. The lowest BCUT2D eigenvalue weighted by Gasteiger charge is -2.23. The van der Waals surface area contributed by atoms with Crippen LogP contribution < -0.4 is 4.74 Å². The molecule has 0 amide bonds. The van der Waals surface area contributed by atoms with E-state index in [0.717, 1.165) is 31.4 Å². The molecule has 0 spiro atoms. The monoisotopic (exact) mass is 554 g/mol. The predicted molar refractivity (Wildman–Crippen MR) is 137 cm³/mol. The molecule has 5 aromatic rings. The molecular weight excluding hydrogens is 533 g/mol. The van der Waals surface area contributed by atoms with Gasteiger partial charge in [0, 0.05) is 41.8 Å². The number of hydrogen-bond donors (Lipinski definition) is 1. The van der Waals surface area contributed by atoms with Crippen molar-refractivity contribution in [3.8, 4) is 22.8 Å². The Balaban J connectivity index is 1.42. The van der Waals surface area contributed by atoms with Gasteiger partial charge in [-0.05, 0) is 48.2 Å². The number of hydrogen-bond acceptors (Lipinski definition) is 6. The molecule has 6 rings (SSSR count). The second-order valence-corrected chi connectivity index (χ2v) is 9.68. The minimum atomic E-state index is -1.03. The molecule has 0 aliphatic carbocycles. The van der Waals surface area contributed by atoms with Crippen molar-refractivity contribution in [1.29, 1.82) is 0 Å². The standard InChI is InChI=1S/C27H22ClF3N6O2/c28-17-6-7-23(25(11-17)39-14-18-3-1-2-8-38-18)37-24-13-21(31)20(30)12-22(24)32-26(37)10-15-4-5-16(9-19(15)29)27-33-35-36-34-27/h4-7,9,11-13,18H,1-3,8,10,14H2,(H,33,34,35,36). The van der Waals surface area contributed by atoms with Gasteiger partial charge in [-0.3, -0.25) is 4.57 Å². The number of nitrogens with one attached hydrogen (secondary N) is 1. The molecule has 0 radical (unpaired) electrons. The first-order valence-corrected chi connectivity index (χ1v) is 12.8. The molecule has 200 valence electrons. The van der Waals surface area contributed by atoms with E-state index in [4.69, 9.17) is 21.1 Å². The molecule has 1 atom stereocenters. The van der Waals surface area contributed by atoms with Gasteiger partial charge in [0.2, 0.25) is 5.82 Å². The van der Waals surface area contributed by atoms with Crippen LogP contribution in [0.3, 0.4) is 0 Å². The van der Waals surface area contributed by atoms with E-state index in [0.29, 0.717) is 52.1 Å². The molecule has 0 saturated carbocycles. The van der Waals surface area contributed by atoms with Crippen LogP contribution in [0.5, 0.6) is 5.75 Å². The van der Waals surface area contributed by atoms with Crippen molar-refractivity contribution in [3.63, 3.8) is 0 Å². The number of aromatic nitrogens is 6. The molecule has 3 aromatic carbocycles. The summed E-state index contributed by atoms with van der Waals surface area (Å²) < 4.78 is 57.4. The van der Waals surface area contributed by atoms with Crippen molar-refractivity contribution in [2.45, 2.75) is 31.8 Å². The molecule has 1 N–H and O–H groups in total. The van der Waals surface area contributed by atoms with Crippen LogP contribution in [0.1, 0.15) is 30.7 Å². The topological polar surface area (TPSA) is 90.7 Å². The number of halogens is 4. The van der Waals surface area contributed by atoms with Crippen molar-refractivity contribution in [2.75, 3.05) is 13.2 Å². The van der Waals surface area contributed by atoms with E-state index in [9.17, 15) is 8.78 Å². The molecule has 1 fully saturated rings. The van der Waals surface area contributed by atoms with Gasteiger partial charge in [-0.2, -0.15) is 5.21 Å². The quantitative estimate of drug-likeness (QED) is 0.273. The highest BCUT2D eigenvalue weighted by Gasteiger charge is 2.22. The molecule has 3 heterocycles. The molecule has 1 aliphatic heterocycles. The molecule has 39 heavy (non-hydrogen) atoms.